The molecular formula is C16H20N4O3S. The van der Waals surface area contributed by atoms with Crippen LogP contribution in [0.4, 0.5) is 5.69 Å². The fraction of sp³-hybridized carbons (Fsp3) is 0.312. The Morgan fingerprint density at radius 3 is 2.29 bits per heavy atom. The van der Waals surface area contributed by atoms with Crippen molar-refractivity contribution in [1.29, 1.82) is 0 Å². The van der Waals surface area contributed by atoms with Crippen molar-refractivity contribution in [3.8, 4) is 0 Å². The normalized spacial score (nSPS) is 15.6. The number of primary sulfonamides is 1. The molecule has 1 aromatic heterocycles. The summed E-state index contributed by atoms with van der Waals surface area (Å²) in [5.41, 5.74) is 1.24. The fourth-order valence-electron chi connectivity index (χ4n) is 2.95. The molecule has 0 atom stereocenters. The molecule has 24 heavy (non-hydrogen) atoms. The zero-order valence-corrected chi connectivity index (χ0v) is 14.2. The van der Waals surface area contributed by atoms with Gasteiger partial charge in [0.25, 0.3) is 5.91 Å². The predicted octanol–water partition coefficient (Wildman–Crippen LogP) is 0.635. The zero-order chi connectivity index (χ0) is 17.3. The largest absolute Gasteiger partial charge is 0.367 e. The van der Waals surface area contributed by atoms with Gasteiger partial charge in [0, 0.05) is 39.4 Å². The Hall–Kier alpha value is -2.32. The van der Waals surface area contributed by atoms with Crippen LogP contribution in [0.3, 0.4) is 0 Å². The first-order valence-corrected chi connectivity index (χ1v) is 9.20. The first-order chi connectivity index (χ1) is 11.4. The van der Waals surface area contributed by atoms with Gasteiger partial charge in [0.15, 0.2) is 0 Å². The van der Waals surface area contributed by atoms with E-state index < -0.39 is 10.0 Å². The third-order valence-corrected chi connectivity index (χ3v) is 5.20. The number of anilines is 1. The number of aromatic nitrogens is 1. The number of amides is 1. The number of piperazine rings is 1. The lowest BCUT2D eigenvalue weighted by Gasteiger charge is -2.36. The standard InChI is InChI=1S/C16H20N4O3S/c1-18-8-4-6-14(18)16(21)20-11-9-19(10-12-20)13-5-2-3-7-15(13)24(17,22)23/h2-8H,9-12H2,1H3,(H2,17,22,23). The van der Waals surface area contributed by atoms with E-state index >= 15 is 0 Å². The molecule has 2 aromatic rings. The highest BCUT2D eigenvalue weighted by atomic mass is 32.2. The van der Waals surface area contributed by atoms with E-state index in [4.69, 9.17) is 5.14 Å². The van der Waals surface area contributed by atoms with Crippen LogP contribution in [0, 0.1) is 0 Å². The molecule has 1 saturated heterocycles. The zero-order valence-electron chi connectivity index (χ0n) is 13.4. The average molecular weight is 348 g/mol. The van der Waals surface area contributed by atoms with Crippen molar-refractivity contribution in [3.63, 3.8) is 0 Å². The molecule has 7 nitrogen and oxygen atoms in total. The molecule has 0 radical (unpaired) electrons. The van der Waals surface area contributed by atoms with E-state index in [1.807, 2.05) is 24.2 Å². The van der Waals surface area contributed by atoms with Gasteiger partial charge in [-0.3, -0.25) is 4.79 Å². The number of carbonyl (C=O) groups excluding carboxylic acids is 1. The van der Waals surface area contributed by atoms with Crippen LogP contribution in [0.5, 0.6) is 0 Å². The number of para-hydroxylation sites is 1. The third-order valence-electron chi connectivity index (χ3n) is 4.24. The monoisotopic (exact) mass is 348 g/mol. The van der Waals surface area contributed by atoms with Crippen molar-refractivity contribution in [3.05, 3.63) is 48.3 Å². The molecule has 1 amide bonds. The summed E-state index contributed by atoms with van der Waals surface area (Å²) in [6, 6.07) is 10.3. The second kappa shape index (κ2) is 6.29. The van der Waals surface area contributed by atoms with E-state index in [2.05, 4.69) is 0 Å². The molecule has 0 saturated carbocycles. The number of rotatable bonds is 3. The summed E-state index contributed by atoms with van der Waals surface area (Å²) in [7, 11) is -1.94. The molecule has 1 aliphatic rings. The first-order valence-electron chi connectivity index (χ1n) is 7.65. The van der Waals surface area contributed by atoms with E-state index in [0.717, 1.165) is 0 Å². The summed E-state index contributed by atoms with van der Waals surface area (Å²) in [6.45, 7) is 2.18. The molecular weight excluding hydrogens is 328 g/mol. The van der Waals surface area contributed by atoms with Crippen molar-refractivity contribution in [1.82, 2.24) is 9.47 Å². The summed E-state index contributed by atoms with van der Waals surface area (Å²) < 4.78 is 25.3. The van der Waals surface area contributed by atoms with Gasteiger partial charge in [-0.15, -0.1) is 0 Å². The number of carbonyl (C=O) groups is 1. The second-order valence-corrected chi connectivity index (χ2v) is 7.33. The molecule has 8 heteroatoms. The van der Waals surface area contributed by atoms with Crippen LogP contribution in [-0.4, -0.2) is 50.0 Å². The molecule has 1 aromatic carbocycles. The Labute approximate surface area is 141 Å². The second-order valence-electron chi connectivity index (χ2n) is 5.80. The Morgan fingerprint density at radius 1 is 1.04 bits per heavy atom. The average Bonchev–Trinajstić information content (AvgIpc) is 2.99. The summed E-state index contributed by atoms with van der Waals surface area (Å²) in [6.07, 6.45) is 1.84. The summed E-state index contributed by atoms with van der Waals surface area (Å²) in [5.74, 6) is -0.0121. The molecule has 2 N–H and O–H groups in total. The van der Waals surface area contributed by atoms with Gasteiger partial charge in [-0.05, 0) is 24.3 Å². The quantitative estimate of drug-likeness (QED) is 0.881. The number of aryl methyl sites for hydroxylation is 1. The Morgan fingerprint density at radius 2 is 1.71 bits per heavy atom. The molecule has 0 spiro atoms. The molecule has 0 aliphatic carbocycles. The highest BCUT2D eigenvalue weighted by Crippen LogP contribution is 2.25. The minimum atomic E-state index is -3.78. The van der Waals surface area contributed by atoms with Crippen molar-refractivity contribution >= 4 is 21.6 Å². The number of sulfonamides is 1. The lowest BCUT2D eigenvalue weighted by Crippen LogP contribution is -2.49. The molecule has 3 rings (SSSR count). The fourth-order valence-corrected chi connectivity index (χ4v) is 3.71. The van der Waals surface area contributed by atoms with Crippen LogP contribution in [0.2, 0.25) is 0 Å². The number of hydrogen-bond acceptors (Lipinski definition) is 4. The third kappa shape index (κ3) is 3.15. The van der Waals surface area contributed by atoms with Crippen LogP contribution in [0.1, 0.15) is 10.5 Å². The van der Waals surface area contributed by atoms with Crippen molar-refractivity contribution in [2.24, 2.45) is 12.2 Å². The lowest BCUT2D eigenvalue weighted by molar-refractivity contribution is 0.0737. The first kappa shape index (κ1) is 16.5. The predicted molar refractivity (Wildman–Crippen MR) is 91.3 cm³/mol. The SMILES string of the molecule is Cn1cccc1C(=O)N1CCN(c2ccccc2S(N)(=O)=O)CC1. The van der Waals surface area contributed by atoms with E-state index in [-0.39, 0.29) is 10.8 Å². The number of nitrogens with zero attached hydrogens (tertiary/aromatic N) is 3. The van der Waals surface area contributed by atoms with E-state index in [0.29, 0.717) is 37.6 Å². The minimum absolute atomic E-state index is 0.0121. The van der Waals surface area contributed by atoms with E-state index in [1.165, 1.54) is 6.07 Å². The van der Waals surface area contributed by atoms with Crippen LogP contribution in [0.25, 0.3) is 0 Å². The molecule has 1 fully saturated rings. The van der Waals surface area contributed by atoms with Gasteiger partial charge >= 0.3 is 0 Å². The Kier molecular flexibility index (Phi) is 4.33. The van der Waals surface area contributed by atoms with E-state index in [1.54, 1.807) is 33.7 Å². The van der Waals surface area contributed by atoms with Gasteiger partial charge in [-0.2, -0.15) is 0 Å². The minimum Gasteiger partial charge on any atom is -0.367 e. The smallest absolute Gasteiger partial charge is 0.270 e. The Bertz CT molecular complexity index is 852. The maximum absolute atomic E-state index is 12.5. The van der Waals surface area contributed by atoms with Crippen molar-refractivity contribution in [2.75, 3.05) is 31.1 Å². The van der Waals surface area contributed by atoms with Crippen molar-refractivity contribution < 1.29 is 13.2 Å². The molecule has 0 unspecified atom stereocenters. The maximum Gasteiger partial charge on any atom is 0.270 e. The number of hydrogen-bond donors (Lipinski definition) is 1. The van der Waals surface area contributed by atoms with Crippen LogP contribution in [0.15, 0.2) is 47.5 Å². The van der Waals surface area contributed by atoms with Crippen LogP contribution < -0.4 is 10.0 Å². The van der Waals surface area contributed by atoms with Gasteiger partial charge in [-0.1, -0.05) is 12.1 Å². The molecule has 0 bridgehead atoms. The van der Waals surface area contributed by atoms with Crippen LogP contribution in [-0.2, 0) is 17.1 Å². The number of nitrogens with two attached hydrogens (primary N) is 1. The van der Waals surface area contributed by atoms with E-state index in [9.17, 15) is 13.2 Å². The summed E-state index contributed by atoms with van der Waals surface area (Å²) in [4.78, 5) is 16.4. The number of benzene rings is 1. The van der Waals surface area contributed by atoms with Crippen molar-refractivity contribution in [2.45, 2.75) is 4.90 Å². The molecule has 128 valence electrons. The van der Waals surface area contributed by atoms with Crippen LogP contribution >= 0.6 is 0 Å². The lowest BCUT2D eigenvalue weighted by atomic mass is 10.2. The Balaban J connectivity index is 1.75. The molecule has 1 aliphatic heterocycles. The van der Waals surface area contributed by atoms with Gasteiger partial charge in [0.2, 0.25) is 10.0 Å². The molecule has 2 heterocycles. The highest BCUT2D eigenvalue weighted by molar-refractivity contribution is 7.89. The maximum atomic E-state index is 12.5. The van der Waals surface area contributed by atoms with Gasteiger partial charge in [0.05, 0.1) is 5.69 Å². The van der Waals surface area contributed by atoms with Gasteiger partial charge in [0.1, 0.15) is 10.6 Å². The van der Waals surface area contributed by atoms with Gasteiger partial charge < -0.3 is 14.4 Å². The van der Waals surface area contributed by atoms with Gasteiger partial charge in [-0.25, -0.2) is 13.6 Å². The summed E-state index contributed by atoms with van der Waals surface area (Å²) >= 11 is 0. The highest BCUT2D eigenvalue weighted by Gasteiger charge is 2.26. The summed E-state index contributed by atoms with van der Waals surface area (Å²) in [5, 5.41) is 5.30. The topological polar surface area (TPSA) is 88.6 Å².